The van der Waals surface area contributed by atoms with E-state index in [1.165, 1.54) is 24.3 Å². The number of amides is 1. The molecule has 1 aromatic rings. The zero-order valence-corrected chi connectivity index (χ0v) is 11.4. The monoisotopic (exact) mass is 293 g/mol. The number of nitrogens with two attached hydrogens (primary N) is 2. The molecule has 0 unspecified atom stereocenters. The van der Waals surface area contributed by atoms with Crippen LogP contribution in [0.2, 0.25) is 0 Å². The molecule has 0 fully saturated rings. The van der Waals surface area contributed by atoms with Crippen LogP contribution < -0.4 is 16.2 Å². The summed E-state index contributed by atoms with van der Waals surface area (Å²) in [6, 6.07) is 5.15. The Labute approximate surface area is 112 Å². The molecule has 0 heterocycles. The standard InChI is InChI=1S/C10H15N3O3S.ClH/c1-7(6-11)13-17(15,16)9-4-2-3-8(5-9)10(12)14;/h2-5,7,13H,6,11H2,1H3,(H2,12,14);1H/t7-;/m0./s1. The molecule has 0 bridgehead atoms. The van der Waals surface area contributed by atoms with Gasteiger partial charge in [0, 0.05) is 18.2 Å². The Bertz CT molecular complexity index is 519. The Balaban J connectivity index is 0.00000289. The molecule has 0 spiro atoms. The highest BCUT2D eigenvalue weighted by molar-refractivity contribution is 7.89. The molecule has 0 saturated heterocycles. The van der Waals surface area contributed by atoms with Crippen LogP contribution in [0.1, 0.15) is 17.3 Å². The van der Waals surface area contributed by atoms with Gasteiger partial charge >= 0.3 is 0 Å². The highest BCUT2D eigenvalue weighted by atomic mass is 35.5. The quantitative estimate of drug-likeness (QED) is 0.699. The molecule has 1 atom stereocenters. The van der Waals surface area contributed by atoms with Crippen molar-refractivity contribution in [2.24, 2.45) is 11.5 Å². The lowest BCUT2D eigenvalue weighted by atomic mass is 10.2. The van der Waals surface area contributed by atoms with Crippen molar-refractivity contribution in [2.45, 2.75) is 17.9 Å². The summed E-state index contributed by atoms with van der Waals surface area (Å²) in [5, 5.41) is 0. The fraction of sp³-hybridized carbons (Fsp3) is 0.300. The van der Waals surface area contributed by atoms with E-state index in [4.69, 9.17) is 11.5 Å². The Morgan fingerprint density at radius 3 is 2.56 bits per heavy atom. The fourth-order valence-electron chi connectivity index (χ4n) is 1.20. The maximum atomic E-state index is 11.9. The van der Waals surface area contributed by atoms with Crippen LogP contribution >= 0.6 is 12.4 Å². The molecular weight excluding hydrogens is 278 g/mol. The van der Waals surface area contributed by atoms with E-state index in [0.717, 1.165) is 0 Å². The summed E-state index contributed by atoms with van der Waals surface area (Å²) in [6.45, 7) is 1.84. The van der Waals surface area contributed by atoms with Crippen LogP contribution in [0.5, 0.6) is 0 Å². The molecule has 0 radical (unpaired) electrons. The van der Waals surface area contributed by atoms with Gasteiger partial charge in [0.05, 0.1) is 4.90 Å². The fourth-order valence-corrected chi connectivity index (χ4v) is 2.50. The summed E-state index contributed by atoms with van der Waals surface area (Å²) in [5.41, 5.74) is 10.6. The highest BCUT2D eigenvalue weighted by Gasteiger charge is 2.17. The van der Waals surface area contributed by atoms with Crippen molar-refractivity contribution in [3.63, 3.8) is 0 Å². The van der Waals surface area contributed by atoms with Gasteiger partial charge in [-0.1, -0.05) is 6.07 Å². The van der Waals surface area contributed by atoms with Gasteiger partial charge in [-0.3, -0.25) is 4.79 Å². The number of halogens is 1. The van der Waals surface area contributed by atoms with E-state index >= 15 is 0 Å². The highest BCUT2D eigenvalue weighted by Crippen LogP contribution is 2.11. The predicted octanol–water partition coefficient (Wildman–Crippen LogP) is -0.167. The molecule has 0 aliphatic carbocycles. The van der Waals surface area contributed by atoms with Gasteiger partial charge in [-0.15, -0.1) is 12.4 Å². The van der Waals surface area contributed by atoms with Gasteiger partial charge in [0.25, 0.3) is 0 Å². The van der Waals surface area contributed by atoms with Gasteiger partial charge in [0.15, 0.2) is 0 Å². The van der Waals surface area contributed by atoms with Crippen molar-refractivity contribution in [3.05, 3.63) is 29.8 Å². The van der Waals surface area contributed by atoms with E-state index in [0.29, 0.717) is 0 Å². The third-order valence-electron chi connectivity index (χ3n) is 2.14. The van der Waals surface area contributed by atoms with Crippen LogP contribution in [0.15, 0.2) is 29.2 Å². The van der Waals surface area contributed by atoms with Crippen molar-refractivity contribution in [1.82, 2.24) is 4.72 Å². The predicted molar refractivity (Wildman–Crippen MR) is 71.0 cm³/mol. The second kappa shape index (κ2) is 6.69. The SMILES string of the molecule is C[C@@H](CN)NS(=O)(=O)c1cccc(C(N)=O)c1.Cl. The third-order valence-corrected chi connectivity index (χ3v) is 3.73. The Kier molecular flexibility index (Phi) is 6.27. The van der Waals surface area contributed by atoms with Crippen LogP contribution in [-0.4, -0.2) is 26.9 Å². The number of primary amides is 1. The topological polar surface area (TPSA) is 115 Å². The first-order chi connectivity index (χ1) is 7.86. The summed E-state index contributed by atoms with van der Waals surface area (Å²) < 4.78 is 26.1. The van der Waals surface area contributed by atoms with Crippen molar-refractivity contribution >= 4 is 28.3 Å². The first-order valence-corrected chi connectivity index (χ1v) is 6.47. The number of carbonyl (C=O) groups is 1. The Morgan fingerprint density at radius 2 is 2.06 bits per heavy atom. The Hall–Kier alpha value is -1.15. The molecule has 1 aromatic carbocycles. The lowest BCUT2D eigenvalue weighted by Gasteiger charge is -2.12. The van der Waals surface area contributed by atoms with Gasteiger partial charge < -0.3 is 11.5 Å². The number of nitrogens with one attached hydrogen (secondary N) is 1. The van der Waals surface area contributed by atoms with E-state index in [9.17, 15) is 13.2 Å². The number of sulfonamides is 1. The van der Waals surface area contributed by atoms with Gasteiger partial charge in [-0.2, -0.15) is 0 Å². The second-order valence-corrected chi connectivity index (χ2v) is 5.36. The molecule has 5 N–H and O–H groups in total. The van der Waals surface area contributed by atoms with E-state index in [1.807, 2.05) is 0 Å². The number of benzene rings is 1. The van der Waals surface area contributed by atoms with Crippen molar-refractivity contribution in [3.8, 4) is 0 Å². The van der Waals surface area contributed by atoms with Crippen molar-refractivity contribution in [1.29, 1.82) is 0 Å². The Morgan fingerprint density at radius 1 is 1.44 bits per heavy atom. The zero-order valence-electron chi connectivity index (χ0n) is 9.79. The molecule has 18 heavy (non-hydrogen) atoms. The lowest BCUT2D eigenvalue weighted by molar-refractivity contribution is 0.1000. The maximum Gasteiger partial charge on any atom is 0.248 e. The number of hydrogen-bond donors (Lipinski definition) is 3. The molecule has 0 aliphatic rings. The summed E-state index contributed by atoms with van der Waals surface area (Å²) in [4.78, 5) is 10.9. The maximum absolute atomic E-state index is 11.9. The van der Waals surface area contributed by atoms with Gasteiger partial charge in [0.1, 0.15) is 0 Å². The minimum atomic E-state index is -3.67. The third kappa shape index (κ3) is 4.26. The van der Waals surface area contributed by atoms with Gasteiger partial charge in [0.2, 0.25) is 15.9 Å². The lowest BCUT2D eigenvalue weighted by Crippen LogP contribution is -2.37. The number of rotatable bonds is 5. The average molecular weight is 294 g/mol. The van der Waals surface area contributed by atoms with Crippen molar-refractivity contribution in [2.75, 3.05) is 6.54 Å². The van der Waals surface area contributed by atoms with Crippen LogP contribution in [0.25, 0.3) is 0 Å². The number of carbonyl (C=O) groups excluding carboxylic acids is 1. The molecule has 8 heteroatoms. The number of hydrogen-bond acceptors (Lipinski definition) is 4. The smallest absolute Gasteiger partial charge is 0.248 e. The van der Waals surface area contributed by atoms with Crippen LogP contribution in [0.3, 0.4) is 0 Å². The minimum Gasteiger partial charge on any atom is -0.366 e. The van der Waals surface area contributed by atoms with Crippen LogP contribution in [0.4, 0.5) is 0 Å². The van der Waals surface area contributed by atoms with Crippen LogP contribution in [0, 0.1) is 0 Å². The molecule has 102 valence electrons. The largest absolute Gasteiger partial charge is 0.366 e. The molecule has 6 nitrogen and oxygen atoms in total. The molecule has 1 rings (SSSR count). The van der Waals surface area contributed by atoms with Crippen LogP contribution in [-0.2, 0) is 10.0 Å². The normalized spacial score (nSPS) is 12.6. The average Bonchev–Trinajstić information content (AvgIpc) is 2.28. The van der Waals surface area contributed by atoms with E-state index in [2.05, 4.69) is 4.72 Å². The van der Waals surface area contributed by atoms with Gasteiger partial charge in [-0.05, 0) is 25.1 Å². The first kappa shape index (κ1) is 16.9. The second-order valence-electron chi connectivity index (χ2n) is 3.65. The van der Waals surface area contributed by atoms with Gasteiger partial charge in [-0.25, -0.2) is 13.1 Å². The molecular formula is C10H16ClN3O3S. The minimum absolute atomic E-state index is 0. The molecule has 0 saturated carbocycles. The molecule has 0 aliphatic heterocycles. The van der Waals surface area contributed by atoms with E-state index in [1.54, 1.807) is 6.92 Å². The summed E-state index contributed by atoms with van der Waals surface area (Å²) in [7, 11) is -3.67. The molecule has 1 amide bonds. The first-order valence-electron chi connectivity index (χ1n) is 4.99. The van der Waals surface area contributed by atoms with E-state index in [-0.39, 0.29) is 35.5 Å². The van der Waals surface area contributed by atoms with Crippen molar-refractivity contribution < 1.29 is 13.2 Å². The zero-order chi connectivity index (χ0) is 13.1. The molecule has 0 aromatic heterocycles. The summed E-state index contributed by atoms with van der Waals surface area (Å²) >= 11 is 0. The van der Waals surface area contributed by atoms with E-state index < -0.39 is 15.9 Å². The summed E-state index contributed by atoms with van der Waals surface area (Å²) in [6.07, 6.45) is 0. The summed E-state index contributed by atoms with van der Waals surface area (Å²) in [5.74, 6) is -0.672.